The van der Waals surface area contributed by atoms with E-state index in [1.54, 1.807) is 14.2 Å². The molecule has 1 N–H and O–H groups in total. The van der Waals surface area contributed by atoms with Crippen LogP contribution in [0.1, 0.15) is 0 Å². The first-order valence-electron chi connectivity index (χ1n) is 4.28. The molecule has 3 atom stereocenters. The molecule has 0 aromatic rings. The summed E-state index contributed by atoms with van der Waals surface area (Å²) in [6.07, 6.45) is -0.464. The minimum atomic E-state index is -0.464. The summed E-state index contributed by atoms with van der Waals surface area (Å²) >= 11 is 0. The van der Waals surface area contributed by atoms with E-state index in [0.29, 0.717) is 17.8 Å². The molecule has 4 heteroatoms. The monoisotopic (exact) mass is 173 g/mol. The van der Waals surface area contributed by atoms with Crippen LogP contribution in [0, 0.1) is 17.8 Å². The number of aliphatic hydroxyl groups excluding tert-OH is 1. The van der Waals surface area contributed by atoms with Crippen LogP contribution in [0.15, 0.2) is 0 Å². The maximum absolute atomic E-state index is 9.71. The molecule has 70 valence electrons. The Morgan fingerprint density at radius 2 is 2.08 bits per heavy atom. The summed E-state index contributed by atoms with van der Waals surface area (Å²) in [6, 6.07) is 0. The van der Waals surface area contributed by atoms with Crippen LogP contribution in [-0.2, 0) is 9.57 Å². The third-order valence-electron chi connectivity index (χ3n) is 3.02. The molecule has 2 aliphatic rings. The zero-order valence-corrected chi connectivity index (χ0v) is 7.43. The highest BCUT2D eigenvalue weighted by Crippen LogP contribution is 2.52. The molecule has 4 nitrogen and oxygen atoms in total. The summed E-state index contributed by atoms with van der Waals surface area (Å²) in [5, 5.41) is 11.2. The molecule has 2 fully saturated rings. The van der Waals surface area contributed by atoms with Crippen LogP contribution in [0.3, 0.4) is 0 Å². The van der Waals surface area contributed by atoms with Gasteiger partial charge in [0.05, 0.1) is 20.3 Å². The predicted octanol–water partition coefficient (Wildman–Crippen LogP) is -0.310. The van der Waals surface area contributed by atoms with Crippen molar-refractivity contribution in [1.29, 1.82) is 0 Å². The van der Waals surface area contributed by atoms with E-state index in [9.17, 15) is 5.11 Å². The highest BCUT2D eigenvalue weighted by Gasteiger charge is 2.58. The van der Waals surface area contributed by atoms with Gasteiger partial charge in [-0.2, -0.15) is 5.06 Å². The van der Waals surface area contributed by atoms with Gasteiger partial charge in [-0.15, -0.1) is 0 Å². The maximum Gasteiger partial charge on any atom is 0.133 e. The fraction of sp³-hybridized carbons (Fsp3) is 1.00. The molecule has 1 saturated carbocycles. The van der Waals surface area contributed by atoms with Gasteiger partial charge in [0.15, 0.2) is 0 Å². The molecular weight excluding hydrogens is 158 g/mol. The number of rotatable bonds is 3. The van der Waals surface area contributed by atoms with E-state index in [0.717, 1.165) is 13.2 Å². The quantitative estimate of drug-likeness (QED) is 0.469. The summed E-state index contributed by atoms with van der Waals surface area (Å²) in [5.41, 5.74) is 0. The molecule has 3 unspecified atom stereocenters. The lowest BCUT2D eigenvalue weighted by atomic mass is 10.2. The second-order valence-corrected chi connectivity index (χ2v) is 3.58. The molecule has 0 spiro atoms. The van der Waals surface area contributed by atoms with Gasteiger partial charge in [-0.3, -0.25) is 0 Å². The van der Waals surface area contributed by atoms with Gasteiger partial charge in [0.25, 0.3) is 0 Å². The molecule has 1 heterocycles. The Balaban J connectivity index is 1.87. The summed E-state index contributed by atoms with van der Waals surface area (Å²) in [7, 11) is 3.32. The van der Waals surface area contributed by atoms with E-state index in [4.69, 9.17) is 9.57 Å². The highest BCUT2D eigenvalue weighted by molar-refractivity contribution is 5.02. The van der Waals surface area contributed by atoms with E-state index < -0.39 is 6.23 Å². The molecule has 0 aromatic carbocycles. The summed E-state index contributed by atoms with van der Waals surface area (Å²) < 4.78 is 5.23. The van der Waals surface area contributed by atoms with Gasteiger partial charge in [0.1, 0.15) is 6.23 Å². The van der Waals surface area contributed by atoms with Gasteiger partial charge in [-0.1, -0.05) is 0 Å². The fourth-order valence-corrected chi connectivity index (χ4v) is 2.08. The average molecular weight is 173 g/mol. The van der Waals surface area contributed by atoms with Crippen LogP contribution >= 0.6 is 0 Å². The number of hydrogen-bond acceptors (Lipinski definition) is 4. The second kappa shape index (κ2) is 2.96. The standard InChI is InChI=1S/C8H15NO3/c1-9(11-2)8(10)7-5-3-12-4-6(5)7/h5-8,10H,3-4H2,1-2H3. The van der Waals surface area contributed by atoms with Crippen molar-refractivity contribution in [2.24, 2.45) is 17.8 Å². The van der Waals surface area contributed by atoms with Crippen molar-refractivity contribution in [1.82, 2.24) is 5.06 Å². The zero-order chi connectivity index (χ0) is 8.72. The Kier molecular flexibility index (Phi) is 2.08. The summed E-state index contributed by atoms with van der Waals surface area (Å²) in [4.78, 5) is 4.92. The van der Waals surface area contributed by atoms with Crippen molar-refractivity contribution in [3.05, 3.63) is 0 Å². The SMILES string of the molecule is CON(C)C(O)C1C2COCC21. The molecule has 0 aromatic heterocycles. The van der Waals surface area contributed by atoms with Gasteiger partial charge < -0.3 is 14.7 Å². The van der Waals surface area contributed by atoms with Crippen LogP contribution in [0.25, 0.3) is 0 Å². The van der Waals surface area contributed by atoms with Crippen LogP contribution in [0.5, 0.6) is 0 Å². The Bertz CT molecular complexity index is 163. The molecule has 0 amide bonds. The minimum absolute atomic E-state index is 0.365. The largest absolute Gasteiger partial charge is 0.381 e. The molecule has 0 bridgehead atoms. The lowest BCUT2D eigenvalue weighted by Crippen LogP contribution is -2.34. The molecule has 1 saturated heterocycles. The first-order chi connectivity index (χ1) is 5.75. The van der Waals surface area contributed by atoms with Crippen molar-refractivity contribution < 1.29 is 14.7 Å². The number of hydrogen-bond donors (Lipinski definition) is 1. The number of nitrogens with zero attached hydrogens (tertiary/aromatic N) is 1. The minimum Gasteiger partial charge on any atom is -0.381 e. The number of fused-ring (bicyclic) bond motifs is 1. The van der Waals surface area contributed by atoms with E-state index in [1.807, 2.05) is 0 Å². The van der Waals surface area contributed by atoms with E-state index in [-0.39, 0.29) is 0 Å². The first kappa shape index (κ1) is 8.44. The van der Waals surface area contributed by atoms with Crippen molar-refractivity contribution in [2.45, 2.75) is 6.23 Å². The topological polar surface area (TPSA) is 41.9 Å². The third-order valence-corrected chi connectivity index (χ3v) is 3.02. The normalized spacial score (nSPS) is 41.5. The molecule has 1 aliphatic heterocycles. The van der Waals surface area contributed by atoms with Gasteiger partial charge in [-0.25, -0.2) is 0 Å². The molecule has 12 heavy (non-hydrogen) atoms. The Labute approximate surface area is 72.0 Å². The first-order valence-corrected chi connectivity index (χ1v) is 4.28. The van der Waals surface area contributed by atoms with Gasteiger partial charge in [0, 0.05) is 13.0 Å². The van der Waals surface area contributed by atoms with Gasteiger partial charge in [0.2, 0.25) is 0 Å². The summed E-state index contributed by atoms with van der Waals surface area (Å²) in [6.45, 7) is 1.62. The predicted molar refractivity (Wildman–Crippen MR) is 42.1 cm³/mol. The van der Waals surface area contributed by atoms with Crippen LogP contribution in [0.2, 0.25) is 0 Å². The van der Waals surface area contributed by atoms with Crippen molar-refractivity contribution >= 4 is 0 Å². The Morgan fingerprint density at radius 3 is 2.58 bits per heavy atom. The van der Waals surface area contributed by atoms with Gasteiger partial charge >= 0.3 is 0 Å². The molecule has 2 rings (SSSR count). The van der Waals surface area contributed by atoms with E-state index in [2.05, 4.69) is 0 Å². The third kappa shape index (κ3) is 1.15. The maximum atomic E-state index is 9.71. The highest BCUT2D eigenvalue weighted by atomic mass is 16.7. The lowest BCUT2D eigenvalue weighted by molar-refractivity contribution is -0.214. The summed E-state index contributed by atoms with van der Waals surface area (Å²) in [5.74, 6) is 1.50. The van der Waals surface area contributed by atoms with Crippen LogP contribution in [0.4, 0.5) is 0 Å². The molecule has 0 radical (unpaired) electrons. The number of aliphatic hydroxyl groups is 1. The second-order valence-electron chi connectivity index (χ2n) is 3.58. The number of ether oxygens (including phenoxy) is 1. The van der Waals surface area contributed by atoms with Crippen LogP contribution < -0.4 is 0 Å². The smallest absolute Gasteiger partial charge is 0.133 e. The molecular formula is C8H15NO3. The Hall–Kier alpha value is -0.160. The van der Waals surface area contributed by atoms with Crippen LogP contribution in [-0.4, -0.2) is 43.8 Å². The average Bonchev–Trinajstić information content (AvgIpc) is 2.56. The number of hydroxylamine groups is 2. The molecule has 1 aliphatic carbocycles. The van der Waals surface area contributed by atoms with E-state index in [1.165, 1.54) is 5.06 Å². The van der Waals surface area contributed by atoms with Gasteiger partial charge in [-0.05, 0) is 11.8 Å². The van der Waals surface area contributed by atoms with Crippen molar-refractivity contribution in [2.75, 3.05) is 27.4 Å². The lowest BCUT2D eigenvalue weighted by Gasteiger charge is -2.21. The van der Waals surface area contributed by atoms with Crippen molar-refractivity contribution in [3.8, 4) is 0 Å². The van der Waals surface area contributed by atoms with E-state index >= 15 is 0 Å². The Morgan fingerprint density at radius 1 is 1.50 bits per heavy atom. The fourth-order valence-electron chi connectivity index (χ4n) is 2.08. The van der Waals surface area contributed by atoms with Crippen molar-refractivity contribution in [3.63, 3.8) is 0 Å². The zero-order valence-electron chi connectivity index (χ0n) is 7.43.